The van der Waals surface area contributed by atoms with Crippen LogP contribution < -0.4 is 10.6 Å². The predicted molar refractivity (Wildman–Crippen MR) is 83.4 cm³/mol. The molecule has 1 aromatic rings. The number of rotatable bonds is 2. The summed E-state index contributed by atoms with van der Waals surface area (Å²) in [5, 5.41) is 0. The lowest BCUT2D eigenvalue weighted by Crippen LogP contribution is -2.42. The molecule has 2 N–H and O–H groups in total. The van der Waals surface area contributed by atoms with Crippen molar-refractivity contribution in [2.75, 3.05) is 31.1 Å². The number of anilines is 1. The molecule has 3 rings (SSSR count). The van der Waals surface area contributed by atoms with Crippen molar-refractivity contribution in [3.05, 3.63) is 29.8 Å². The van der Waals surface area contributed by atoms with Crippen LogP contribution in [0.15, 0.2) is 24.3 Å². The van der Waals surface area contributed by atoms with Crippen LogP contribution in [0.1, 0.15) is 18.4 Å². The number of nitrogens with two attached hydrogens (primary N) is 1. The first-order chi connectivity index (χ1) is 9.24. The lowest BCUT2D eigenvalue weighted by Gasteiger charge is -2.30. The van der Waals surface area contributed by atoms with Gasteiger partial charge in [-0.2, -0.15) is 0 Å². The number of hydrogen-bond acceptors (Lipinski definition) is 3. The number of amides is 1. The largest absolute Gasteiger partial charge is 0.326 e. The second-order valence-electron chi connectivity index (χ2n) is 5.56. The zero-order valence-corrected chi connectivity index (χ0v) is 12.4. The minimum absolute atomic E-state index is 0. The zero-order valence-electron chi connectivity index (χ0n) is 11.6. The molecule has 1 amide bonds. The zero-order chi connectivity index (χ0) is 13.2. The Balaban J connectivity index is 0.00000147. The fourth-order valence-electron chi connectivity index (χ4n) is 3.08. The van der Waals surface area contributed by atoms with Crippen molar-refractivity contribution in [1.29, 1.82) is 0 Å². The topological polar surface area (TPSA) is 49.6 Å². The molecule has 2 aliphatic rings. The third-order valence-electron chi connectivity index (χ3n) is 4.08. The molecule has 2 heterocycles. The maximum Gasteiger partial charge on any atom is 0.241 e. The van der Waals surface area contributed by atoms with Gasteiger partial charge in [0, 0.05) is 31.4 Å². The van der Waals surface area contributed by atoms with Crippen LogP contribution in [0, 0.1) is 0 Å². The minimum atomic E-state index is 0. The molecule has 5 heteroatoms. The van der Waals surface area contributed by atoms with E-state index in [2.05, 4.69) is 17.0 Å². The smallest absolute Gasteiger partial charge is 0.241 e. The lowest BCUT2D eigenvalue weighted by molar-refractivity contribution is -0.119. The third kappa shape index (κ3) is 3.14. The molecule has 0 unspecified atom stereocenters. The summed E-state index contributed by atoms with van der Waals surface area (Å²) in [7, 11) is 0. The number of para-hydroxylation sites is 1. The van der Waals surface area contributed by atoms with Crippen LogP contribution in [0.25, 0.3) is 0 Å². The van der Waals surface area contributed by atoms with Gasteiger partial charge in [-0.1, -0.05) is 18.2 Å². The van der Waals surface area contributed by atoms with Gasteiger partial charge in [0.15, 0.2) is 0 Å². The summed E-state index contributed by atoms with van der Waals surface area (Å²) in [6, 6.07) is 8.48. The quantitative estimate of drug-likeness (QED) is 0.898. The van der Waals surface area contributed by atoms with Gasteiger partial charge in [-0.05, 0) is 30.9 Å². The summed E-state index contributed by atoms with van der Waals surface area (Å²) in [6.45, 7) is 3.14. The van der Waals surface area contributed by atoms with Crippen molar-refractivity contribution >= 4 is 24.0 Å². The highest BCUT2D eigenvalue weighted by Crippen LogP contribution is 2.26. The van der Waals surface area contributed by atoms with Crippen LogP contribution in [0.3, 0.4) is 0 Å². The van der Waals surface area contributed by atoms with E-state index in [0.29, 0.717) is 6.54 Å². The molecule has 0 radical (unpaired) electrons. The van der Waals surface area contributed by atoms with Crippen LogP contribution in [0.4, 0.5) is 5.69 Å². The Hall–Kier alpha value is -1.10. The van der Waals surface area contributed by atoms with Crippen molar-refractivity contribution in [2.24, 2.45) is 5.73 Å². The van der Waals surface area contributed by atoms with Crippen LogP contribution in [0.5, 0.6) is 0 Å². The van der Waals surface area contributed by atoms with Crippen molar-refractivity contribution in [3.63, 3.8) is 0 Å². The Kier molecular flexibility index (Phi) is 5.02. The molecule has 0 spiro atoms. The molecule has 0 bridgehead atoms. The summed E-state index contributed by atoms with van der Waals surface area (Å²) in [4.78, 5) is 16.6. The van der Waals surface area contributed by atoms with Crippen molar-refractivity contribution in [1.82, 2.24) is 4.90 Å². The Bertz CT molecular complexity index is 480. The van der Waals surface area contributed by atoms with E-state index in [1.807, 2.05) is 17.0 Å². The van der Waals surface area contributed by atoms with E-state index in [4.69, 9.17) is 5.73 Å². The summed E-state index contributed by atoms with van der Waals surface area (Å²) in [6.07, 6.45) is 3.14. The van der Waals surface area contributed by atoms with Gasteiger partial charge in [0.05, 0.1) is 6.54 Å². The van der Waals surface area contributed by atoms with Gasteiger partial charge in [0.1, 0.15) is 0 Å². The Morgan fingerprint density at radius 3 is 2.85 bits per heavy atom. The van der Waals surface area contributed by atoms with E-state index < -0.39 is 0 Å². The van der Waals surface area contributed by atoms with E-state index in [0.717, 1.165) is 44.6 Å². The highest BCUT2D eigenvalue weighted by atomic mass is 35.5. The Morgan fingerprint density at radius 2 is 2.10 bits per heavy atom. The van der Waals surface area contributed by atoms with Gasteiger partial charge in [0.25, 0.3) is 0 Å². The predicted octanol–water partition coefficient (Wildman–Crippen LogP) is 1.42. The number of likely N-dealkylation sites (tertiary alicyclic amines) is 1. The van der Waals surface area contributed by atoms with Gasteiger partial charge in [-0.3, -0.25) is 9.69 Å². The monoisotopic (exact) mass is 295 g/mol. The molecule has 1 fully saturated rings. The molecule has 1 atom stereocenters. The van der Waals surface area contributed by atoms with Gasteiger partial charge < -0.3 is 10.6 Å². The van der Waals surface area contributed by atoms with E-state index in [-0.39, 0.29) is 24.4 Å². The number of benzene rings is 1. The average Bonchev–Trinajstić information content (AvgIpc) is 2.83. The van der Waals surface area contributed by atoms with Crippen molar-refractivity contribution in [3.8, 4) is 0 Å². The highest BCUT2D eigenvalue weighted by molar-refractivity contribution is 5.96. The van der Waals surface area contributed by atoms with E-state index in [1.54, 1.807) is 0 Å². The molecule has 0 aliphatic carbocycles. The van der Waals surface area contributed by atoms with Crippen LogP contribution in [-0.4, -0.2) is 43.0 Å². The molecule has 0 aromatic heterocycles. The van der Waals surface area contributed by atoms with Crippen molar-refractivity contribution < 1.29 is 4.79 Å². The Labute approximate surface area is 126 Å². The number of hydrogen-bond donors (Lipinski definition) is 1. The number of fused-ring (bicyclic) bond motifs is 1. The molecular weight excluding hydrogens is 274 g/mol. The number of nitrogens with zero attached hydrogens (tertiary/aromatic N) is 2. The molecule has 1 aromatic carbocycles. The molecule has 0 saturated carbocycles. The highest BCUT2D eigenvalue weighted by Gasteiger charge is 2.26. The number of aryl methyl sites for hydroxylation is 1. The first kappa shape index (κ1) is 15.3. The number of halogens is 1. The van der Waals surface area contributed by atoms with E-state index in [1.165, 1.54) is 5.56 Å². The van der Waals surface area contributed by atoms with Crippen LogP contribution >= 0.6 is 12.4 Å². The molecule has 20 heavy (non-hydrogen) atoms. The normalized spacial score (nSPS) is 22.2. The maximum absolute atomic E-state index is 12.5. The minimum Gasteiger partial charge on any atom is -0.326 e. The van der Waals surface area contributed by atoms with Crippen LogP contribution in [-0.2, 0) is 11.2 Å². The first-order valence-electron chi connectivity index (χ1n) is 7.10. The van der Waals surface area contributed by atoms with Gasteiger partial charge in [0.2, 0.25) is 5.91 Å². The molecule has 110 valence electrons. The summed E-state index contributed by atoms with van der Waals surface area (Å²) in [5.41, 5.74) is 8.28. The summed E-state index contributed by atoms with van der Waals surface area (Å²) < 4.78 is 0. The second kappa shape index (κ2) is 6.57. The third-order valence-corrected chi connectivity index (χ3v) is 4.08. The van der Waals surface area contributed by atoms with Crippen molar-refractivity contribution in [2.45, 2.75) is 25.3 Å². The molecule has 4 nitrogen and oxygen atoms in total. The van der Waals surface area contributed by atoms with E-state index in [9.17, 15) is 4.79 Å². The SMILES string of the molecule is Cl.N[C@H]1CCN(CC(=O)N2CCCc3ccccc32)C1. The summed E-state index contributed by atoms with van der Waals surface area (Å²) >= 11 is 0. The molecule has 2 aliphatic heterocycles. The fourth-order valence-corrected chi connectivity index (χ4v) is 3.08. The van der Waals surface area contributed by atoms with E-state index >= 15 is 0 Å². The van der Waals surface area contributed by atoms with Gasteiger partial charge >= 0.3 is 0 Å². The Morgan fingerprint density at radius 1 is 1.30 bits per heavy atom. The lowest BCUT2D eigenvalue weighted by atomic mass is 10.0. The maximum atomic E-state index is 12.5. The standard InChI is InChI=1S/C15H21N3O.ClH/c16-13-7-9-17(10-13)11-15(19)18-8-3-5-12-4-1-2-6-14(12)18;/h1-2,4,6,13H,3,5,7-11,16H2;1H/t13-;/m0./s1. The fraction of sp³-hybridized carbons (Fsp3) is 0.533. The summed E-state index contributed by atoms with van der Waals surface area (Å²) in [5.74, 6) is 0.209. The number of carbonyl (C=O) groups is 1. The van der Waals surface area contributed by atoms with Gasteiger partial charge in [-0.15, -0.1) is 12.4 Å². The average molecular weight is 296 g/mol. The second-order valence-corrected chi connectivity index (χ2v) is 5.56. The van der Waals surface area contributed by atoms with Crippen LogP contribution in [0.2, 0.25) is 0 Å². The van der Waals surface area contributed by atoms with Gasteiger partial charge in [-0.25, -0.2) is 0 Å². The molecular formula is C15H22ClN3O. The molecule has 1 saturated heterocycles. The number of carbonyl (C=O) groups excluding carboxylic acids is 1. The first-order valence-corrected chi connectivity index (χ1v) is 7.10.